The molecule has 4 nitrogen and oxygen atoms in total. The molecule has 100 valence electrons. The highest BCUT2D eigenvalue weighted by Crippen LogP contribution is 2.26. The molecule has 0 aliphatic rings. The van der Waals surface area contributed by atoms with Crippen molar-refractivity contribution >= 4 is 17.6 Å². The third-order valence-electron chi connectivity index (χ3n) is 2.07. The Morgan fingerprint density at radius 3 is 2.56 bits per heavy atom. The van der Waals surface area contributed by atoms with Crippen molar-refractivity contribution in [3.63, 3.8) is 0 Å². The lowest BCUT2D eigenvalue weighted by Crippen LogP contribution is -2.22. The number of ether oxygens (including phenoxy) is 2. The van der Waals surface area contributed by atoms with Gasteiger partial charge in [0.05, 0.1) is 17.2 Å². The van der Waals surface area contributed by atoms with Gasteiger partial charge in [-0.05, 0) is 32.9 Å². The van der Waals surface area contributed by atoms with E-state index in [-0.39, 0.29) is 28.5 Å². The van der Waals surface area contributed by atoms with Crippen LogP contribution in [0.15, 0.2) is 18.2 Å². The molecular weight excluding hydrogens is 256 g/mol. The fraction of sp³-hybridized carbons (Fsp3) is 0.462. The molecule has 1 aromatic carbocycles. The predicted molar refractivity (Wildman–Crippen MR) is 69.6 cm³/mol. The second kappa shape index (κ2) is 6.07. The molecule has 1 aromatic rings. The second-order valence-electron chi connectivity index (χ2n) is 4.73. The van der Waals surface area contributed by atoms with Gasteiger partial charge < -0.3 is 14.6 Å². The number of aromatic carboxylic acids is 1. The zero-order valence-corrected chi connectivity index (χ0v) is 11.5. The molecule has 1 N–H and O–H groups in total. The van der Waals surface area contributed by atoms with Crippen molar-refractivity contribution in [3.05, 3.63) is 28.8 Å². The summed E-state index contributed by atoms with van der Waals surface area (Å²) in [5.74, 6) is -0.847. The number of carboxylic acids is 1. The van der Waals surface area contributed by atoms with Crippen molar-refractivity contribution in [1.82, 2.24) is 0 Å². The van der Waals surface area contributed by atoms with Gasteiger partial charge in [-0.1, -0.05) is 17.7 Å². The minimum atomic E-state index is -1.10. The first-order chi connectivity index (χ1) is 8.31. The summed E-state index contributed by atoms with van der Waals surface area (Å²) in [5, 5.41) is 9.20. The summed E-state index contributed by atoms with van der Waals surface area (Å²) in [6.45, 7) is 6.48. The Labute approximate surface area is 111 Å². The number of halogens is 1. The summed E-state index contributed by atoms with van der Waals surface area (Å²) in [6, 6.07) is 4.74. The van der Waals surface area contributed by atoms with Gasteiger partial charge in [0, 0.05) is 0 Å². The number of carbonyl (C=O) groups is 1. The van der Waals surface area contributed by atoms with Crippen LogP contribution in [0.25, 0.3) is 0 Å². The Morgan fingerprint density at radius 2 is 2.00 bits per heavy atom. The van der Waals surface area contributed by atoms with Crippen LogP contribution >= 0.6 is 11.6 Å². The van der Waals surface area contributed by atoms with Gasteiger partial charge >= 0.3 is 5.97 Å². The SMILES string of the molecule is CC(C)(C)OCCOc1cccc(Cl)c1C(=O)O. The van der Waals surface area contributed by atoms with E-state index in [1.807, 2.05) is 20.8 Å². The molecular formula is C13H17ClO4. The van der Waals surface area contributed by atoms with E-state index in [0.29, 0.717) is 6.61 Å². The van der Waals surface area contributed by atoms with E-state index in [9.17, 15) is 4.79 Å². The van der Waals surface area contributed by atoms with Gasteiger partial charge in [-0.15, -0.1) is 0 Å². The van der Waals surface area contributed by atoms with Crippen LogP contribution in [0, 0.1) is 0 Å². The quantitative estimate of drug-likeness (QED) is 0.836. The van der Waals surface area contributed by atoms with Gasteiger partial charge in [-0.3, -0.25) is 0 Å². The van der Waals surface area contributed by atoms with Gasteiger partial charge in [0.15, 0.2) is 0 Å². The number of hydrogen-bond acceptors (Lipinski definition) is 3. The third kappa shape index (κ3) is 4.55. The van der Waals surface area contributed by atoms with Crippen LogP contribution in [0.1, 0.15) is 31.1 Å². The van der Waals surface area contributed by atoms with E-state index in [1.54, 1.807) is 12.1 Å². The summed E-state index contributed by atoms with van der Waals surface area (Å²) >= 11 is 5.82. The van der Waals surface area contributed by atoms with Crippen LogP contribution in [0.4, 0.5) is 0 Å². The van der Waals surface area contributed by atoms with E-state index in [4.69, 9.17) is 26.2 Å². The second-order valence-corrected chi connectivity index (χ2v) is 5.13. The summed E-state index contributed by atoms with van der Waals surface area (Å²) in [5.41, 5.74) is -0.261. The highest BCUT2D eigenvalue weighted by atomic mass is 35.5. The maximum atomic E-state index is 11.0. The van der Waals surface area contributed by atoms with Crippen LogP contribution in [-0.4, -0.2) is 29.9 Å². The molecule has 0 aliphatic carbocycles. The maximum absolute atomic E-state index is 11.0. The first-order valence-corrected chi connectivity index (χ1v) is 5.97. The van der Waals surface area contributed by atoms with E-state index in [1.165, 1.54) is 6.07 Å². The predicted octanol–water partition coefficient (Wildman–Crippen LogP) is 3.23. The number of carboxylic acid groups (broad SMARTS) is 1. The normalized spacial score (nSPS) is 11.3. The molecule has 0 aromatic heterocycles. The highest BCUT2D eigenvalue weighted by Gasteiger charge is 2.16. The van der Waals surface area contributed by atoms with Crippen LogP contribution in [0.5, 0.6) is 5.75 Å². The molecule has 0 unspecified atom stereocenters. The Morgan fingerprint density at radius 1 is 1.33 bits per heavy atom. The molecule has 0 atom stereocenters. The lowest BCUT2D eigenvalue weighted by molar-refractivity contribution is -0.0164. The van der Waals surface area contributed by atoms with Gasteiger partial charge in [-0.2, -0.15) is 0 Å². The molecule has 0 aliphatic heterocycles. The lowest BCUT2D eigenvalue weighted by atomic mass is 10.2. The minimum Gasteiger partial charge on any atom is -0.490 e. The van der Waals surface area contributed by atoms with Gasteiger partial charge in [0.1, 0.15) is 17.9 Å². The molecule has 0 radical (unpaired) electrons. The highest BCUT2D eigenvalue weighted by molar-refractivity contribution is 6.33. The van der Waals surface area contributed by atoms with Crippen LogP contribution in [0.3, 0.4) is 0 Å². The minimum absolute atomic E-state index is 0.0186. The Kier molecular flexibility index (Phi) is 4.99. The smallest absolute Gasteiger partial charge is 0.341 e. The average Bonchev–Trinajstić information content (AvgIpc) is 2.22. The Bertz CT molecular complexity index is 423. The first-order valence-electron chi connectivity index (χ1n) is 5.60. The standard InChI is InChI=1S/C13H17ClO4/c1-13(2,3)18-8-7-17-10-6-4-5-9(14)11(10)12(15)16/h4-6H,7-8H2,1-3H3,(H,15,16). The van der Waals surface area contributed by atoms with Gasteiger partial charge in [0.25, 0.3) is 0 Å². The zero-order chi connectivity index (χ0) is 13.8. The van der Waals surface area contributed by atoms with Crippen LogP contribution in [0.2, 0.25) is 5.02 Å². The van der Waals surface area contributed by atoms with E-state index in [2.05, 4.69) is 0 Å². The Balaban J connectivity index is 2.63. The molecule has 0 amide bonds. The average molecular weight is 273 g/mol. The number of benzene rings is 1. The summed E-state index contributed by atoms with van der Waals surface area (Å²) in [4.78, 5) is 11.0. The molecule has 1 rings (SSSR count). The molecule has 18 heavy (non-hydrogen) atoms. The summed E-state index contributed by atoms with van der Waals surface area (Å²) in [7, 11) is 0. The third-order valence-corrected chi connectivity index (χ3v) is 2.38. The van der Waals surface area contributed by atoms with Crippen molar-refractivity contribution in [2.45, 2.75) is 26.4 Å². The van der Waals surface area contributed by atoms with E-state index in [0.717, 1.165) is 0 Å². The number of hydrogen-bond donors (Lipinski definition) is 1. The molecule has 0 saturated heterocycles. The van der Waals surface area contributed by atoms with Crippen molar-refractivity contribution in [3.8, 4) is 5.75 Å². The zero-order valence-electron chi connectivity index (χ0n) is 10.7. The molecule has 0 heterocycles. The van der Waals surface area contributed by atoms with Crippen LogP contribution in [-0.2, 0) is 4.74 Å². The molecule has 0 spiro atoms. The van der Waals surface area contributed by atoms with Crippen LogP contribution < -0.4 is 4.74 Å². The van der Waals surface area contributed by atoms with E-state index >= 15 is 0 Å². The van der Waals surface area contributed by atoms with Crippen molar-refractivity contribution in [2.75, 3.05) is 13.2 Å². The Hall–Kier alpha value is -1.26. The fourth-order valence-electron chi connectivity index (χ4n) is 1.33. The van der Waals surface area contributed by atoms with Gasteiger partial charge in [-0.25, -0.2) is 4.79 Å². The molecule has 0 bridgehead atoms. The van der Waals surface area contributed by atoms with E-state index < -0.39 is 5.97 Å². The molecule has 0 saturated carbocycles. The summed E-state index contributed by atoms with van der Waals surface area (Å²) in [6.07, 6.45) is 0. The number of rotatable bonds is 5. The topological polar surface area (TPSA) is 55.8 Å². The largest absolute Gasteiger partial charge is 0.490 e. The molecule has 0 fully saturated rings. The van der Waals surface area contributed by atoms with Crippen molar-refractivity contribution < 1.29 is 19.4 Å². The molecule has 5 heteroatoms. The first kappa shape index (κ1) is 14.8. The maximum Gasteiger partial charge on any atom is 0.341 e. The van der Waals surface area contributed by atoms with Crippen molar-refractivity contribution in [2.24, 2.45) is 0 Å². The summed E-state index contributed by atoms with van der Waals surface area (Å²) < 4.78 is 10.9. The van der Waals surface area contributed by atoms with Gasteiger partial charge in [0.2, 0.25) is 0 Å². The fourth-order valence-corrected chi connectivity index (χ4v) is 1.58. The van der Waals surface area contributed by atoms with Crippen molar-refractivity contribution in [1.29, 1.82) is 0 Å². The lowest BCUT2D eigenvalue weighted by Gasteiger charge is -2.19. The monoisotopic (exact) mass is 272 g/mol.